The van der Waals surface area contributed by atoms with Crippen LogP contribution in [0.2, 0.25) is 0 Å². The molecule has 2 atom stereocenters. The van der Waals surface area contributed by atoms with Crippen LogP contribution >= 0.6 is 0 Å². The van der Waals surface area contributed by atoms with Crippen LogP contribution in [0.15, 0.2) is 36.4 Å². The van der Waals surface area contributed by atoms with Crippen molar-refractivity contribution in [1.29, 1.82) is 0 Å². The molecular formula is C22H23N3O6. The highest BCUT2D eigenvalue weighted by Crippen LogP contribution is 2.59. The van der Waals surface area contributed by atoms with Gasteiger partial charge >= 0.3 is 6.03 Å². The first kappa shape index (κ1) is 20.8. The molecule has 0 saturated carbocycles. The molecule has 4 rings (SSSR count). The molecule has 0 aromatic heterocycles. The van der Waals surface area contributed by atoms with Crippen LogP contribution in [-0.4, -0.2) is 27.9 Å². The van der Waals surface area contributed by atoms with Gasteiger partial charge in [-0.3, -0.25) is 14.9 Å². The van der Waals surface area contributed by atoms with E-state index in [4.69, 9.17) is 4.74 Å². The van der Waals surface area contributed by atoms with Gasteiger partial charge in [-0.1, -0.05) is 38.1 Å². The predicted molar refractivity (Wildman–Crippen MR) is 111 cm³/mol. The van der Waals surface area contributed by atoms with E-state index in [1.807, 2.05) is 13.8 Å². The summed E-state index contributed by atoms with van der Waals surface area (Å²) in [6.07, 6.45) is 0. The minimum atomic E-state index is -2.34. The van der Waals surface area contributed by atoms with E-state index >= 15 is 0 Å². The molecule has 1 aliphatic carbocycles. The highest BCUT2D eigenvalue weighted by Gasteiger charge is 2.73. The van der Waals surface area contributed by atoms with E-state index in [9.17, 15) is 24.8 Å². The standard InChI is InChI=1S/C22H23N3O6/c1-11(2)13-8-9-14-17(10-13)31-22(28)15-6-5-7-16(25(29)30)18(15)19(26)21(14,22)24-20(27)23-12(3)4/h5-12,28H,1-4H3,(H2,23,24,27). The Morgan fingerprint density at radius 3 is 2.48 bits per heavy atom. The third-order valence-corrected chi connectivity index (χ3v) is 5.73. The zero-order valence-corrected chi connectivity index (χ0v) is 17.6. The van der Waals surface area contributed by atoms with Gasteiger partial charge in [-0.15, -0.1) is 0 Å². The van der Waals surface area contributed by atoms with E-state index in [2.05, 4.69) is 10.6 Å². The number of benzene rings is 2. The van der Waals surface area contributed by atoms with E-state index in [1.54, 1.807) is 32.0 Å². The van der Waals surface area contributed by atoms with Crippen LogP contribution < -0.4 is 15.4 Å². The number of ketones is 1. The molecule has 9 nitrogen and oxygen atoms in total. The van der Waals surface area contributed by atoms with E-state index in [0.717, 1.165) is 5.56 Å². The second kappa shape index (κ2) is 6.78. The number of nitro groups is 1. The SMILES string of the molecule is CC(C)NC(=O)NC12C(=O)c3c([N+](=O)[O-])cccc3C1(O)Oc1cc(C(C)C)ccc12. The normalized spacial score (nSPS) is 23.3. The summed E-state index contributed by atoms with van der Waals surface area (Å²) in [6.45, 7) is 7.46. The fraction of sp³-hybridized carbons (Fsp3) is 0.364. The lowest BCUT2D eigenvalue weighted by Gasteiger charge is -2.34. The number of hydrogen-bond donors (Lipinski definition) is 3. The highest BCUT2D eigenvalue weighted by atomic mass is 16.6. The molecule has 2 unspecified atom stereocenters. The van der Waals surface area contributed by atoms with Crippen molar-refractivity contribution in [2.24, 2.45) is 0 Å². The Bertz CT molecular complexity index is 1130. The molecule has 0 bridgehead atoms. The number of nitrogens with one attached hydrogen (secondary N) is 2. The summed E-state index contributed by atoms with van der Waals surface area (Å²) in [7, 11) is 0. The van der Waals surface area contributed by atoms with Crippen molar-refractivity contribution in [2.45, 2.75) is 51.0 Å². The molecule has 0 spiro atoms. The van der Waals surface area contributed by atoms with Crippen molar-refractivity contribution in [3.63, 3.8) is 0 Å². The lowest BCUT2D eigenvalue weighted by atomic mass is 9.82. The Hall–Kier alpha value is -3.46. The second-order valence-corrected chi connectivity index (χ2v) is 8.45. The molecule has 9 heteroatoms. The summed E-state index contributed by atoms with van der Waals surface area (Å²) >= 11 is 0. The van der Waals surface area contributed by atoms with E-state index < -0.39 is 33.8 Å². The largest absolute Gasteiger partial charge is 0.454 e. The monoisotopic (exact) mass is 425 g/mol. The maximum absolute atomic E-state index is 13.7. The Kier molecular flexibility index (Phi) is 4.55. The summed E-state index contributed by atoms with van der Waals surface area (Å²) in [6, 6.07) is 8.12. The Labute approximate surface area is 178 Å². The number of rotatable bonds is 4. The van der Waals surface area contributed by atoms with Crippen molar-refractivity contribution in [3.05, 3.63) is 68.8 Å². The lowest BCUT2D eigenvalue weighted by molar-refractivity contribution is -0.385. The summed E-state index contributed by atoms with van der Waals surface area (Å²) in [4.78, 5) is 37.4. The van der Waals surface area contributed by atoms with Gasteiger partial charge < -0.3 is 20.5 Å². The van der Waals surface area contributed by atoms with E-state index in [-0.39, 0.29) is 34.4 Å². The molecule has 0 radical (unpaired) electrons. The molecule has 3 N–H and O–H groups in total. The van der Waals surface area contributed by atoms with Gasteiger partial charge in [0, 0.05) is 23.2 Å². The summed E-state index contributed by atoms with van der Waals surface area (Å²) < 4.78 is 5.92. The molecular weight excluding hydrogens is 402 g/mol. The van der Waals surface area contributed by atoms with Crippen LogP contribution in [0.1, 0.15) is 60.7 Å². The first-order chi connectivity index (χ1) is 14.5. The number of amides is 2. The van der Waals surface area contributed by atoms with Crippen LogP contribution in [0.4, 0.5) is 10.5 Å². The molecule has 0 fully saturated rings. The zero-order valence-electron chi connectivity index (χ0n) is 17.6. The smallest absolute Gasteiger partial charge is 0.316 e. The Morgan fingerprint density at radius 1 is 1.16 bits per heavy atom. The number of urea groups is 1. The molecule has 2 aliphatic rings. The average molecular weight is 425 g/mol. The number of nitrogens with zero attached hydrogens (tertiary/aromatic N) is 1. The molecule has 1 heterocycles. The number of hydrogen-bond acceptors (Lipinski definition) is 6. The van der Waals surface area contributed by atoms with Gasteiger partial charge in [0.1, 0.15) is 11.3 Å². The second-order valence-electron chi connectivity index (χ2n) is 8.45. The topological polar surface area (TPSA) is 131 Å². The molecule has 2 aromatic carbocycles. The van der Waals surface area contributed by atoms with Crippen LogP contribution in [0, 0.1) is 10.1 Å². The average Bonchev–Trinajstić information content (AvgIpc) is 3.04. The zero-order chi connectivity index (χ0) is 22.7. The third kappa shape index (κ3) is 2.73. The molecule has 2 amide bonds. The minimum absolute atomic E-state index is 0.0566. The number of carbonyl (C=O) groups is 2. The molecule has 162 valence electrons. The van der Waals surface area contributed by atoms with Crippen molar-refractivity contribution >= 4 is 17.5 Å². The Balaban J connectivity index is 1.98. The molecule has 0 saturated heterocycles. The van der Waals surface area contributed by atoms with Crippen LogP contribution in [0.3, 0.4) is 0 Å². The number of Topliss-reactive ketones (excluding diaryl/α,β-unsaturated/α-hetero) is 1. The van der Waals surface area contributed by atoms with Crippen molar-refractivity contribution in [2.75, 3.05) is 0 Å². The van der Waals surface area contributed by atoms with Gasteiger partial charge in [0.25, 0.3) is 11.5 Å². The highest BCUT2D eigenvalue weighted by molar-refractivity contribution is 6.14. The predicted octanol–water partition coefficient (Wildman–Crippen LogP) is 3.06. The quantitative estimate of drug-likeness (QED) is 0.510. The molecule has 2 aromatic rings. The van der Waals surface area contributed by atoms with Gasteiger partial charge in [0.15, 0.2) is 0 Å². The van der Waals surface area contributed by atoms with E-state index in [0.29, 0.717) is 0 Å². The lowest BCUT2D eigenvalue weighted by Crippen LogP contribution is -2.62. The minimum Gasteiger partial charge on any atom is -0.454 e. The fourth-order valence-corrected chi connectivity index (χ4v) is 4.32. The van der Waals surface area contributed by atoms with Crippen LogP contribution in [0.5, 0.6) is 5.75 Å². The maximum atomic E-state index is 13.7. The molecule has 1 aliphatic heterocycles. The maximum Gasteiger partial charge on any atom is 0.316 e. The number of carbonyl (C=O) groups excluding carboxylic acids is 2. The number of fused-ring (bicyclic) bond motifs is 5. The number of nitro benzene ring substituents is 1. The first-order valence-electron chi connectivity index (χ1n) is 10.00. The summed E-state index contributed by atoms with van der Waals surface area (Å²) in [5.41, 5.74) is -1.70. The van der Waals surface area contributed by atoms with Crippen molar-refractivity contribution in [1.82, 2.24) is 10.6 Å². The van der Waals surface area contributed by atoms with Gasteiger partial charge in [-0.2, -0.15) is 0 Å². The van der Waals surface area contributed by atoms with Gasteiger partial charge in [-0.25, -0.2) is 4.79 Å². The first-order valence-corrected chi connectivity index (χ1v) is 10.00. The third-order valence-electron chi connectivity index (χ3n) is 5.73. The van der Waals surface area contributed by atoms with Crippen molar-refractivity contribution in [3.8, 4) is 5.75 Å². The van der Waals surface area contributed by atoms with Gasteiger partial charge in [0.2, 0.25) is 11.3 Å². The van der Waals surface area contributed by atoms with Gasteiger partial charge in [-0.05, 0) is 31.4 Å². The fourth-order valence-electron chi connectivity index (χ4n) is 4.32. The van der Waals surface area contributed by atoms with Crippen molar-refractivity contribution < 1.29 is 24.4 Å². The van der Waals surface area contributed by atoms with Gasteiger partial charge in [0.05, 0.1) is 4.92 Å². The van der Waals surface area contributed by atoms with Crippen LogP contribution in [-0.2, 0) is 11.3 Å². The van der Waals surface area contributed by atoms with Crippen LogP contribution in [0.25, 0.3) is 0 Å². The van der Waals surface area contributed by atoms with E-state index in [1.165, 1.54) is 18.2 Å². The Morgan fingerprint density at radius 2 is 1.87 bits per heavy atom. The molecule has 31 heavy (non-hydrogen) atoms. The summed E-state index contributed by atoms with van der Waals surface area (Å²) in [5.74, 6) is -2.74. The summed E-state index contributed by atoms with van der Waals surface area (Å²) in [5, 5.41) is 28.6. The number of ether oxygens (including phenoxy) is 1. The number of aliphatic hydroxyl groups is 1.